The molecule has 1 heterocycles. The van der Waals surface area contributed by atoms with E-state index < -0.39 is 0 Å². The van der Waals surface area contributed by atoms with Gasteiger partial charge in [-0.3, -0.25) is 10.1 Å². The number of hydrogen-bond acceptors (Lipinski definition) is 4. The van der Waals surface area contributed by atoms with Gasteiger partial charge in [0.2, 0.25) is 5.91 Å². The lowest BCUT2D eigenvalue weighted by Crippen LogP contribution is -2.07. The lowest BCUT2D eigenvalue weighted by molar-refractivity contribution is -0.111. The largest absolute Gasteiger partial charge is 0.496 e. The number of amides is 1. The quantitative estimate of drug-likeness (QED) is 0.849. The Balaban J connectivity index is 2.09. The van der Waals surface area contributed by atoms with Gasteiger partial charge in [0.15, 0.2) is 5.13 Å². The topological polar surface area (TPSA) is 51.2 Å². The van der Waals surface area contributed by atoms with Crippen LogP contribution in [0.5, 0.6) is 5.75 Å². The normalized spacial score (nSPS) is 10.8. The molecule has 1 aromatic carbocycles. The minimum atomic E-state index is -0.221. The zero-order valence-electron chi connectivity index (χ0n) is 11.0. The molecular weight excluding hydrogens is 340 g/mol. The summed E-state index contributed by atoms with van der Waals surface area (Å²) in [6.07, 6.45) is 4.89. The highest BCUT2D eigenvalue weighted by Gasteiger charge is 2.04. The zero-order chi connectivity index (χ0) is 14.5. The predicted octanol–water partition coefficient (Wildman–Crippen LogP) is 3.87. The van der Waals surface area contributed by atoms with Gasteiger partial charge in [0.25, 0.3) is 0 Å². The van der Waals surface area contributed by atoms with Gasteiger partial charge in [0.1, 0.15) is 5.75 Å². The van der Waals surface area contributed by atoms with E-state index in [1.807, 2.05) is 25.1 Å². The zero-order valence-corrected chi connectivity index (χ0v) is 13.4. The number of halogens is 1. The van der Waals surface area contributed by atoms with E-state index in [-0.39, 0.29) is 5.91 Å². The molecule has 0 bridgehead atoms. The summed E-state index contributed by atoms with van der Waals surface area (Å²) in [4.78, 5) is 16.9. The molecule has 2 rings (SSSR count). The second kappa shape index (κ2) is 6.67. The Bertz CT molecular complexity index is 652. The number of nitrogens with one attached hydrogen (secondary N) is 1. The summed E-state index contributed by atoms with van der Waals surface area (Å²) >= 11 is 4.83. The maximum absolute atomic E-state index is 11.8. The lowest BCUT2D eigenvalue weighted by atomic mass is 10.2. The minimum Gasteiger partial charge on any atom is -0.496 e. The number of thiazole rings is 1. The highest BCUT2D eigenvalue weighted by atomic mass is 79.9. The maximum Gasteiger partial charge on any atom is 0.250 e. The number of benzene rings is 1. The third kappa shape index (κ3) is 3.91. The monoisotopic (exact) mass is 352 g/mol. The molecule has 6 heteroatoms. The molecule has 0 aliphatic heterocycles. The molecule has 0 spiro atoms. The van der Waals surface area contributed by atoms with Crippen molar-refractivity contribution in [1.82, 2.24) is 4.98 Å². The number of anilines is 1. The molecule has 0 fully saturated rings. The summed E-state index contributed by atoms with van der Waals surface area (Å²) in [5.74, 6) is 0.490. The second-order valence-corrected chi connectivity index (χ2v) is 6.14. The van der Waals surface area contributed by atoms with Gasteiger partial charge in [0.05, 0.1) is 7.11 Å². The minimum absolute atomic E-state index is 0.221. The first-order chi connectivity index (χ1) is 9.58. The first kappa shape index (κ1) is 14.7. The Morgan fingerprint density at radius 2 is 2.30 bits per heavy atom. The summed E-state index contributed by atoms with van der Waals surface area (Å²) < 4.78 is 6.17. The van der Waals surface area contributed by atoms with E-state index in [0.717, 1.165) is 14.9 Å². The maximum atomic E-state index is 11.8. The van der Waals surface area contributed by atoms with Crippen molar-refractivity contribution in [2.24, 2.45) is 0 Å². The SMILES string of the molecule is COc1ccc(Br)cc1/C=C/C(=O)Nc1ncc(C)s1. The van der Waals surface area contributed by atoms with Crippen LogP contribution in [0.3, 0.4) is 0 Å². The number of hydrogen-bond donors (Lipinski definition) is 1. The number of carbonyl (C=O) groups excluding carboxylic acids is 1. The van der Waals surface area contributed by atoms with Crippen LogP contribution in [0.2, 0.25) is 0 Å². The van der Waals surface area contributed by atoms with Crippen molar-refractivity contribution in [3.05, 3.63) is 45.4 Å². The summed E-state index contributed by atoms with van der Waals surface area (Å²) in [5.41, 5.74) is 0.826. The van der Waals surface area contributed by atoms with E-state index in [1.54, 1.807) is 19.4 Å². The van der Waals surface area contributed by atoms with Crippen LogP contribution >= 0.6 is 27.3 Å². The van der Waals surface area contributed by atoms with Crippen molar-refractivity contribution in [2.75, 3.05) is 12.4 Å². The van der Waals surface area contributed by atoms with Crippen molar-refractivity contribution >= 4 is 44.4 Å². The Labute approximate surface area is 129 Å². The van der Waals surface area contributed by atoms with Gasteiger partial charge in [-0.15, -0.1) is 11.3 Å². The number of aromatic nitrogens is 1. The summed E-state index contributed by atoms with van der Waals surface area (Å²) in [6.45, 7) is 1.94. The van der Waals surface area contributed by atoms with Gasteiger partial charge in [-0.05, 0) is 31.2 Å². The molecular formula is C14H13BrN2O2S. The van der Waals surface area contributed by atoms with E-state index in [9.17, 15) is 4.79 Å². The van der Waals surface area contributed by atoms with E-state index in [2.05, 4.69) is 26.2 Å². The van der Waals surface area contributed by atoms with Crippen molar-refractivity contribution in [1.29, 1.82) is 0 Å². The van der Waals surface area contributed by atoms with Crippen LogP contribution in [0.4, 0.5) is 5.13 Å². The summed E-state index contributed by atoms with van der Waals surface area (Å²) in [5, 5.41) is 3.31. The molecule has 4 nitrogen and oxygen atoms in total. The van der Waals surface area contributed by atoms with Crippen LogP contribution in [0.25, 0.3) is 6.08 Å². The van der Waals surface area contributed by atoms with Gasteiger partial charge >= 0.3 is 0 Å². The number of methoxy groups -OCH3 is 1. The molecule has 1 aromatic heterocycles. The Hall–Kier alpha value is -1.66. The molecule has 2 aromatic rings. The van der Waals surface area contributed by atoms with Crippen LogP contribution in [0, 0.1) is 6.92 Å². The number of carbonyl (C=O) groups is 1. The van der Waals surface area contributed by atoms with Crippen molar-refractivity contribution in [3.8, 4) is 5.75 Å². The number of ether oxygens (including phenoxy) is 1. The van der Waals surface area contributed by atoms with Crippen LogP contribution in [-0.2, 0) is 4.79 Å². The molecule has 0 radical (unpaired) electrons. The molecule has 0 saturated carbocycles. The fourth-order valence-corrected chi connectivity index (χ4v) is 2.61. The van der Waals surface area contributed by atoms with Crippen LogP contribution in [-0.4, -0.2) is 18.0 Å². The molecule has 1 amide bonds. The second-order valence-electron chi connectivity index (χ2n) is 3.98. The fourth-order valence-electron chi connectivity index (χ4n) is 1.56. The molecule has 0 atom stereocenters. The smallest absolute Gasteiger partial charge is 0.250 e. The Morgan fingerprint density at radius 1 is 1.50 bits per heavy atom. The fraction of sp³-hybridized carbons (Fsp3) is 0.143. The number of rotatable bonds is 4. The van der Waals surface area contributed by atoms with Crippen molar-refractivity contribution in [3.63, 3.8) is 0 Å². The first-order valence-corrected chi connectivity index (χ1v) is 7.44. The molecule has 0 aliphatic rings. The van der Waals surface area contributed by atoms with Gasteiger partial charge < -0.3 is 4.74 Å². The third-order valence-corrected chi connectivity index (χ3v) is 3.78. The van der Waals surface area contributed by atoms with Gasteiger partial charge in [-0.25, -0.2) is 4.98 Å². The Morgan fingerprint density at radius 3 is 2.95 bits per heavy atom. The molecule has 1 N–H and O–H groups in total. The summed E-state index contributed by atoms with van der Waals surface area (Å²) in [7, 11) is 1.60. The molecule has 104 valence electrons. The standard InChI is InChI=1S/C14H13BrN2O2S/c1-9-8-16-14(20-9)17-13(18)6-3-10-7-11(15)4-5-12(10)19-2/h3-8H,1-2H3,(H,16,17,18)/b6-3+. The van der Waals surface area contributed by atoms with Gasteiger partial charge in [-0.1, -0.05) is 15.9 Å². The molecule has 0 unspecified atom stereocenters. The van der Waals surface area contributed by atoms with E-state index >= 15 is 0 Å². The molecule has 20 heavy (non-hydrogen) atoms. The average Bonchev–Trinajstić information content (AvgIpc) is 2.82. The van der Waals surface area contributed by atoms with E-state index in [0.29, 0.717) is 10.9 Å². The van der Waals surface area contributed by atoms with Crippen LogP contribution < -0.4 is 10.1 Å². The van der Waals surface area contributed by atoms with Gasteiger partial charge in [-0.2, -0.15) is 0 Å². The van der Waals surface area contributed by atoms with E-state index in [1.165, 1.54) is 17.4 Å². The van der Waals surface area contributed by atoms with Crippen LogP contribution in [0.15, 0.2) is 34.9 Å². The summed E-state index contributed by atoms with van der Waals surface area (Å²) in [6, 6.07) is 5.61. The average molecular weight is 353 g/mol. The first-order valence-electron chi connectivity index (χ1n) is 5.83. The highest BCUT2D eigenvalue weighted by Crippen LogP contribution is 2.24. The number of aryl methyl sites for hydroxylation is 1. The highest BCUT2D eigenvalue weighted by molar-refractivity contribution is 9.10. The lowest BCUT2D eigenvalue weighted by Gasteiger charge is -2.04. The van der Waals surface area contributed by atoms with Crippen LogP contribution in [0.1, 0.15) is 10.4 Å². The van der Waals surface area contributed by atoms with Gasteiger partial charge in [0, 0.05) is 27.2 Å². The molecule has 0 aliphatic carbocycles. The van der Waals surface area contributed by atoms with E-state index in [4.69, 9.17) is 4.74 Å². The van der Waals surface area contributed by atoms with Crippen molar-refractivity contribution in [2.45, 2.75) is 6.92 Å². The number of nitrogens with zero attached hydrogens (tertiary/aromatic N) is 1. The van der Waals surface area contributed by atoms with Crippen molar-refractivity contribution < 1.29 is 9.53 Å². The Kier molecular flexibility index (Phi) is 4.92. The predicted molar refractivity (Wildman–Crippen MR) is 85.2 cm³/mol. The molecule has 0 saturated heterocycles. The third-order valence-electron chi connectivity index (χ3n) is 2.46.